The lowest BCUT2D eigenvalue weighted by molar-refractivity contribution is -0.0295. The smallest absolute Gasteiger partial charge is 0.0635 e. The summed E-state index contributed by atoms with van der Waals surface area (Å²) in [5, 5.41) is 3.52. The van der Waals surface area contributed by atoms with Gasteiger partial charge in [0.15, 0.2) is 0 Å². The molecule has 1 atom stereocenters. The molecule has 1 rings (SSSR count). The highest BCUT2D eigenvalue weighted by atomic mass is 16.5. The Morgan fingerprint density at radius 1 is 1.31 bits per heavy atom. The second-order valence-corrected chi connectivity index (χ2v) is 4.64. The fourth-order valence-corrected chi connectivity index (χ4v) is 2.53. The van der Waals surface area contributed by atoms with Crippen LogP contribution in [0.25, 0.3) is 0 Å². The molecule has 16 heavy (non-hydrogen) atoms. The van der Waals surface area contributed by atoms with Gasteiger partial charge in [-0.25, -0.2) is 0 Å². The highest BCUT2D eigenvalue weighted by molar-refractivity contribution is 4.82. The van der Waals surface area contributed by atoms with Crippen molar-refractivity contribution in [2.45, 2.75) is 52.1 Å². The third-order valence-electron chi connectivity index (χ3n) is 3.49. The van der Waals surface area contributed by atoms with Crippen LogP contribution in [0.3, 0.4) is 0 Å². The van der Waals surface area contributed by atoms with Gasteiger partial charge in [-0.3, -0.25) is 4.90 Å². The third kappa shape index (κ3) is 4.04. The van der Waals surface area contributed by atoms with E-state index in [0.717, 1.165) is 38.9 Å². The first-order valence-electron chi connectivity index (χ1n) is 6.87. The number of hydrogen-bond acceptors (Lipinski definition) is 3. The van der Waals surface area contributed by atoms with E-state index in [2.05, 4.69) is 31.0 Å². The number of nitrogens with zero attached hydrogens (tertiary/aromatic N) is 1. The maximum Gasteiger partial charge on any atom is 0.0635 e. The largest absolute Gasteiger partial charge is 0.378 e. The van der Waals surface area contributed by atoms with Crippen LogP contribution in [0.2, 0.25) is 0 Å². The Morgan fingerprint density at radius 3 is 2.69 bits per heavy atom. The third-order valence-corrected chi connectivity index (χ3v) is 3.49. The second kappa shape index (κ2) is 8.04. The quantitative estimate of drug-likeness (QED) is 0.673. The molecule has 1 saturated heterocycles. The van der Waals surface area contributed by atoms with Gasteiger partial charge in [0.25, 0.3) is 0 Å². The minimum absolute atomic E-state index is 0.574. The summed E-state index contributed by atoms with van der Waals surface area (Å²) >= 11 is 0. The standard InChI is InChI=1S/C13H28N2O/c1-4-7-14-10-13-11-16-9-8-15(13)12(5-2)6-3/h12-14H,4-11H2,1-3H3. The van der Waals surface area contributed by atoms with E-state index in [9.17, 15) is 0 Å². The molecule has 0 aliphatic carbocycles. The van der Waals surface area contributed by atoms with Crippen molar-refractivity contribution in [2.75, 3.05) is 32.8 Å². The number of nitrogens with one attached hydrogen (secondary N) is 1. The Balaban J connectivity index is 2.42. The lowest BCUT2D eigenvalue weighted by Crippen LogP contribution is -2.54. The van der Waals surface area contributed by atoms with E-state index < -0.39 is 0 Å². The maximum atomic E-state index is 5.60. The van der Waals surface area contributed by atoms with Crippen molar-refractivity contribution < 1.29 is 4.74 Å². The zero-order valence-electron chi connectivity index (χ0n) is 11.2. The summed E-state index contributed by atoms with van der Waals surface area (Å²) in [5.41, 5.74) is 0. The molecule has 1 N–H and O–H groups in total. The van der Waals surface area contributed by atoms with Crippen molar-refractivity contribution in [1.82, 2.24) is 10.2 Å². The molecule has 0 aromatic carbocycles. The van der Waals surface area contributed by atoms with Gasteiger partial charge in [0.2, 0.25) is 0 Å². The Hall–Kier alpha value is -0.120. The van der Waals surface area contributed by atoms with E-state index in [1.165, 1.54) is 19.3 Å². The van der Waals surface area contributed by atoms with Gasteiger partial charge in [-0.15, -0.1) is 0 Å². The molecule has 3 nitrogen and oxygen atoms in total. The van der Waals surface area contributed by atoms with Gasteiger partial charge in [0.1, 0.15) is 0 Å². The lowest BCUT2D eigenvalue weighted by Gasteiger charge is -2.40. The van der Waals surface area contributed by atoms with E-state index >= 15 is 0 Å². The van der Waals surface area contributed by atoms with Crippen LogP contribution in [-0.4, -0.2) is 49.8 Å². The predicted octanol–water partition coefficient (Wildman–Crippen LogP) is 1.88. The van der Waals surface area contributed by atoms with Crippen LogP contribution in [0, 0.1) is 0 Å². The van der Waals surface area contributed by atoms with Gasteiger partial charge >= 0.3 is 0 Å². The molecular weight excluding hydrogens is 200 g/mol. The summed E-state index contributed by atoms with van der Waals surface area (Å²) in [6.07, 6.45) is 3.71. The molecular formula is C13H28N2O. The van der Waals surface area contributed by atoms with Gasteiger partial charge in [-0.1, -0.05) is 20.8 Å². The van der Waals surface area contributed by atoms with Crippen LogP contribution in [0.5, 0.6) is 0 Å². The van der Waals surface area contributed by atoms with Crippen LogP contribution in [0.1, 0.15) is 40.0 Å². The van der Waals surface area contributed by atoms with Crippen LogP contribution in [0.4, 0.5) is 0 Å². The average Bonchev–Trinajstić information content (AvgIpc) is 2.33. The summed E-state index contributed by atoms with van der Waals surface area (Å²) in [7, 11) is 0. The first kappa shape index (κ1) is 13.9. The van der Waals surface area contributed by atoms with Crippen LogP contribution in [0.15, 0.2) is 0 Å². The molecule has 0 aromatic rings. The molecule has 1 heterocycles. The molecule has 1 unspecified atom stereocenters. The molecule has 1 aliphatic rings. The predicted molar refractivity (Wildman–Crippen MR) is 68.8 cm³/mol. The van der Waals surface area contributed by atoms with E-state index in [4.69, 9.17) is 4.74 Å². The molecule has 0 amide bonds. The van der Waals surface area contributed by atoms with Crippen LogP contribution < -0.4 is 5.32 Å². The Bertz CT molecular complexity index is 171. The number of rotatable bonds is 7. The Morgan fingerprint density at radius 2 is 2.06 bits per heavy atom. The zero-order chi connectivity index (χ0) is 11.8. The molecule has 0 radical (unpaired) electrons. The first-order chi connectivity index (χ1) is 7.83. The lowest BCUT2D eigenvalue weighted by atomic mass is 10.1. The summed E-state index contributed by atoms with van der Waals surface area (Å²) in [6, 6.07) is 1.31. The van der Waals surface area contributed by atoms with Gasteiger partial charge in [-0.2, -0.15) is 0 Å². The fraction of sp³-hybridized carbons (Fsp3) is 1.00. The van der Waals surface area contributed by atoms with E-state index in [-0.39, 0.29) is 0 Å². The van der Waals surface area contributed by atoms with Crippen molar-refractivity contribution in [2.24, 2.45) is 0 Å². The molecule has 3 heteroatoms. The normalized spacial score (nSPS) is 22.9. The van der Waals surface area contributed by atoms with Gasteiger partial charge in [0.05, 0.1) is 13.2 Å². The highest BCUT2D eigenvalue weighted by Gasteiger charge is 2.26. The molecule has 0 spiro atoms. The number of morpholine rings is 1. The zero-order valence-corrected chi connectivity index (χ0v) is 11.2. The van der Waals surface area contributed by atoms with Crippen molar-refractivity contribution >= 4 is 0 Å². The van der Waals surface area contributed by atoms with Gasteiger partial charge < -0.3 is 10.1 Å². The Kier molecular flexibility index (Phi) is 7.01. The summed E-state index contributed by atoms with van der Waals surface area (Å²) < 4.78 is 5.60. The summed E-state index contributed by atoms with van der Waals surface area (Å²) in [6.45, 7) is 11.9. The van der Waals surface area contributed by atoms with Crippen LogP contribution >= 0.6 is 0 Å². The SMILES string of the molecule is CCCNCC1COCCN1C(CC)CC. The highest BCUT2D eigenvalue weighted by Crippen LogP contribution is 2.15. The minimum atomic E-state index is 0.574. The molecule has 0 saturated carbocycles. The van der Waals surface area contributed by atoms with Gasteiger partial charge in [0, 0.05) is 25.2 Å². The molecule has 0 bridgehead atoms. The van der Waals surface area contributed by atoms with Crippen molar-refractivity contribution in [3.05, 3.63) is 0 Å². The topological polar surface area (TPSA) is 24.5 Å². The monoisotopic (exact) mass is 228 g/mol. The van der Waals surface area contributed by atoms with Crippen molar-refractivity contribution in [3.8, 4) is 0 Å². The summed E-state index contributed by atoms with van der Waals surface area (Å²) in [4.78, 5) is 2.64. The summed E-state index contributed by atoms with van der Waals surface area (Å²) in [5.74, 6) is 0. The number of ether oxygens (including phenoxy) is 1. The first-order valence-corrected chi connectivity index (χ1v) is 6.87. The van der Waals surface area contributed by atoms with Crippen LogP contribution in [-0.2, 0) is 4.74 Å². The number of hydrogen-bond donors (Lipinski definition) is 1. The molecule has 1 fully saturated rings. The van der Waals surface area contributed by atoms with Gasteiger partial charge in [-0.05, 0) is 25.8 Å². The van der Waals surface area contributed by atoms with E-state index in [1.807, 2.05) is 0 Å². The Labute approximate surface area is 101 Å². The second-order valence-electron chi connectivity index (χ2n) is 4.64. The molecule has 96 valence electrons. The van der Waals surface area contributed by atoms with Crippen molar-refractivity contribution in [1.29, 1.82) is 0 Å². The maximum absolute atomic E-state index is 5.60. The van der Waals surface area contributed by atoms with E-state index in [1.54, 1.807) is 0 Å². The minimum Gasteiger partial charge on any atom is -0.378 e. The molecule has 1 aliphatic heterocycles. The van der Waals surface area contributed by atoms with E-state index in [0.29, 0.717) is 6.04 Å². The fourth-order valence-electron chi connectivity index (χ4n) is 2.53. The average molecular weight is 228 g/mol. The van der Waals surface area contributed by atoms with Crippen molar-refractivity contribution in [3.63, 3.8) is 0 Å². The molecule has 0 aromatic heterocycles.